The van der Waals surface area contributed by atoms with Crippen molar-refractivity contribution in [3.8, 4) is 0 Å². The van der Waals surface area contributed by atoms with Crippen molar-refractivity contribution in [3.05, 3.63) is 51.3 Å². The Morgan fingerprint density at radius 2 is 2.15 bits per heavy atom. The summed E-state index contributed by atoms with van der Waals surface area (Å²) in [5.74, 6) is -0.325. The third-order valence-electron chi connectivity index (χ3n) is 4.76. The summed E-state index contributed by atoms with van der Waals surface area (Å²) in [5, 5.41) is 5.10. The summed E-state index contributed by atoms with van der Waals surface area (Å²) in [6.07, 6.45) is 6.73. The van der Waals surface area contributed by atoms with Gasteiger partial charge in [0.2, 0.25) is 0 Å². The molecule has 0 fully saturated rings. The van der Waals surface area contributed by atoms with E-state index in [9.17, 15) is 9.59 Å². The van der Waals surface area contributed by atoms with E-state index in [0.29, 0.717) is 16.9 Å². The van der Waals surface area contributed by atoms with Crippen molar-refractivity contribution in [2.45, 2.75) is 19.8 Å². The first-order valence-corrected chi connectivity index (χ1v) is 9.05. The molecule has 7 heteroatoms. The summed E-state index contributed by atoms with van der Waals surface area (Å²) in [7, 11) is 3.23. The SMILES string of the molecule is COC(=O)c1sc2ncc(/C=C3\CCc4c(cnn4C)C3=O)cc2c1C. The summed E-state index contributed by atoms with van der Waals surface area (Å²) in [6.45, 7) is 1.89. The minimum atomic E-state index is -0.350. The summed E-state index contributed by atoms with van der Waals surface area (Å²) in [6, 6.07) is 1.97. The summed E-state index contributed by atoms with van der Waals surface area (Å²) in [5.41, 5.74) is 4.13. The molecule has 0 atom stereocenters. The molecule has 1 aliphatic rings. The first-order valence-electron chi connectivity index (χ1n) is 8.23. The number of aryl methyl sites for hydroxylation is 2. The van der Waals surface area contributed by atoms with Gasteiger partial charge in [-0.25, -0.2) is 9.78 Å². The lowest BCUT2D eigenvalue weighted by molar-refractivity contribution is 0.0605. The van der Waals surface area contributed by atoms with Crippen molar-refractivity contribution in [1.29, 1.82) is 0 Å². The van der Waals surface area contributed by atoms with Gasteiger partial charge in [0, 0.05) is 29.9 Å². The van der Waals surface area contributed by atoms with Crippen LogP contribution in [0.15, 0.2) is 24.0 Å². The summed E-state index contributed by atoms with van der Waals surface area (Å²) < 4.78 is 6.59. The third-order valence-corrected chi connectivity index (χ3v) is 5.95. The molecule has 3 heterocycles. The first kappa shape index (κ1) is 16.7. The summed E-state index contributed by atoms with van der Waals surface area (Å²) in [4.78, 5) is 30.4. The number of aromatic nitrogens is 3. The number of allylic oxidation sites excluding steroid dienone is 1. The fourth-order valence-corrected chi connectivity index (χ4v) is 4.36. The van der Waals surface area contributed by atoms with Crippen LogP contribution in [0, 0.1) is 6.92 Å². The number of hydrogen-bond donors (Lipinski definition) is 0. The van der Waals surface area contributed by atoms with Crippen molar-refractivity contribution in [3.63, 3.8) is 0 Å². The Morgan fingerprint density at radius 1 is 1.35 bits per heavy atom. The van der Waals surface area contributed by atoms with Gasteiger partial charge in [0.15, 0.2) is 5.78 Å². The second-order valence-corrected chi connectivity index (χ2v) is 7.30. The molecule has 0 aromatic carbocycles. The molecule has 1 aliphatic carbocycles. The van der Waals surface area contributed by atoms with Gasteiger partial charge in [-0.2, -0.15) is 5.10 Å². The van der Waals surface area contributed by atoms with Crippen LogP contribution in [0.2, 0.25) is 0 Å². The van der Waals surface area contributed by atoms with Crippen LogP contribution in [0.1, 0.15) is 43.3 Å². The van der Waals surface area contributed by atoms with Crippen LogP contribution in [0.25, 0.3) is 16.3 Å². The number of Topliss-reactive ketones (excluding diaryl/α,β-unsaturated/α-hetero) is 1. The lowest BCUT2D eigenvalue weighted by Crippen LogP contribution is -2.14. The van der Waals surface area contributed by atoms with Crippen LogP contribution in [0.3, 0.4) is 0 Å². The smallest absolute Gasteiger partial charge is 0.348 e. The zero-order chi connectivity index (χ0) is 18.4. The molecule has 0 aliphatic heterocycles. The fraction of sp³-hybridized carbons (Fsp3) is 0.263. The number of esters is 1. The van der Waals surface area contributed by atoms with E-state index in [4.69, 9.17) is 4.74 Å². The number of thiophene rings is 1. The molecule has 0 spiro atoms. The molecule has 4 rings (SSSR count). The molecule has 6 nitrogen and oxygen atoms in total. The maximum atomic E-state index is 12.7. The summed E-state index contributed by atoms with van der Waals surface area (Å²) >= 11 is 1.32. The molecule has 0 N–H and O–H groups in total. The van der Waals surface area contributed by atoms with Crippen LogP contribution >= 0.6 is 11.3 Å². The largest absolute Gasteiger partial charge is 0.465 e. The second-order valence-electron chi connectivity index (χ2n) is 6.30. The van der Waals surface area contributed by atoms with Crippen LogP contribution in [0.5, 0.6) is 0 Å². The van der Waals surface area contributed by atoms with E-state index in [-0.39, 0.29) is 11.8 Å². The molecule has 132 valence electrons. The zero-order valence-electron chi connectivity index (χ0n) is 14.7. The number of carbonyl (C=O) groups is 2. The van der Waals surface area contributed by atoms with Gasteiger partial charge in [-0.3, -0.25) is 9.48 Å². The predicted octanol–water partition coefficient (Wildman–Crippen LogP) is 3.34. The molecule has 0 unspecified atom stereocenters. The van der Waals surface area contributed by atoms with Gasteiger partial charge in [-0.15, -0.1) is 11.3 Å². The van der Waals surface area contributed by atoms with E-state index in [2.05, 4.69) is 10.1 Å². The van der Waals surface area contributed by atoms with E-state index in [1.165, 1.54) is 18.4 Å². The lowest BCUT2D eigenvalue weighted by atomic mass is 9.90. The number of hydrogen-bond acceptors (Lipinski definition) is 6. The van der Waals surface area contributed by atoms with Crippen molar-refractivity contribution in [2.75, 3.05) is 7.11 Å². The van der Waals surface area contributed by atoms with E-state index in [1.807, 2.05) is 26.1 Å². The highest BCUT2D eigenvalue weighted by molar-refractivity contribution is 7.20. The molecule has 3 aromatic rings. The van der Waals surface area contributed by atoms with Gasteiger partial charge in [-0.05, 0) is 43.0 Å². The number of fused-ring (bicyclic) bond motifs is 2. The average molecular weight is 367 g/mol. The number of nitrogens with zero attached hydrogens (tertiary/aromatic N) is 3. The van der Waals surface area contributed by atoms with E-state index in [0.717, 1.165) is 39.0 Å². The Morgan fingerprint density at radius 3 is 2.92 bits per heavy atom. The number of methoxy groups -OCH3 is 1. The van der Waals surface area contributed by atoms with E-state index in [1.54, 1.807) is 17.1 Å². The van der Waals surface area contributed by atoms with Gasteiger partial charge >= 0.3 is 5.97 Å². The number of rotatable bonds is 2. The van der Waals surface area contributed by atoms with Crippen LogP contribution in [-0.4, -0.2) is 33.6 Å². The monoisotopic (exact) mass is 367 g/mol. The molecular weight excluding hydrogens is 350 g/mol. The highest BCUT2D eigenvalue weighted by atomic mass is 32.1. The third kappa shape index (κ3) is 2.55. The molecule has 26 heavy (non-hydrogen) atoms. The maximum Gasteiger partial charge on any atom is 0.348 e. The molecule has 0 amide bonds. The van der Waals surface area contributed by atoms with Crippen molar-refractivity contribution < 1.29 is 14.3 Å². The number of carbonyl (C=O) groups excluding carboxylic acids is 2. The highest BCUT2D eigenvalue weighted by Gasteiger charge is 2.25. The first-order chi connectivity index (χ1) is 12.5. The number of ketones is 1. The van der Waals surface area contributed by atoms with Gasteiger partial charge < -0.3 is 4.74 Å². The van der Waals surface area contributed by atoms with E-state index >= 15 is 0 Å². The van der Waals surface area contributed by atoms with Crippen molar-refractivity contribution in [2.24, 2.45) is 7.05 Å². The Hall–Kier alpha value is -2.80. The van der Waals surface area contributed by atoms with Gasteiger partial charge in [0.25, 0.3) is 0 Å². The number of ether oxygens (including phenoxy) is 1. The molecule has 3 aromatic heterocycles. The zero-order valence-corrected chi connectivity index (χ0v) is 15.5. The normalized spacial score (nSPS) is 15.5. The minimum Gasteiger partial charge on any atom is -0.465 e. The lowest BCUT2D eigenvalue weighted by Gasteiger charge is -2.14. The fourth-order valence-electron chi connectivity index (χ4n) is 3.31. The maximum absolute atomic E-state index is 12.7. The Balaban J connectivity index is 1.74. The topological polar surface area (TPSA) is 74.1 Å². The molecule has 0 radical (unpaired) electrons. The molecular formula is C19H17N3O3S. The second kappa shape index (κ2) is 6.17. The molecule has 0 saturated carbocycles. The molecule has 0 saturated heterocycles. The Kier molecular flexibility index (Phi) is 3.96. The van der Waals surface area contributed by atoms with Crippen LogP contribution < -0.4 is 0 Å². The average Bonchev–Trinajstić information content (AvgIpc) is 3.18. The molecule has 0 bridgehead atoms. The van der Waals surface area contributed by atoms with Crippen LogP contribution in [0.4, 0.5) is 0 Å². The van der Waals surface area contributed by atoms with Crippen molar-refractivity contribution in [1.82, 2.24) is 14.8 Å². The standard InChI is InChI=1S/C19H17N3O3S/c1-10-13-7-11(8-20-18(13)26-17(10)19(24)25-3)6-12-4-5-15-14(16(12)23)9-21-22(15)2/h6-9H,4-5H2,1-3H3/b12-6+. The van der Waals surface area contributed by atoms with Crippen LogP contribution in [-0.2, 0) is 18.2 Å². The predicted molar refractivity (Wildman–Crippen MR) is 99.5 cm³/mol. The van der Waals surface area contributed by atoms with E-state index < -0.39 is 0 Å². The number of pyridine rings is 1. The van der Waals surface area contributed by atoms with Gasteiger partial charge in [0.1, 0.15) is 9.71 Å². The van der Waals surface area contributed by atoms with Gasteiger partial charge in [-0.1, -0.05) is 0 Å². The van der Waals surface area contributed by atoms with Gasteiger partial charge in [0.05, 0.1) is 18.9 Å². The van der Waals surface area contributed by atoms with Crippen molar-refractivity contribution >= 4 is 39.4 Å². The Bertz CT molecular complexity index is 1090. The minimum absolute atomic E-state index is 0.0248. The Labute approximate surface area is 154 Å². The highest BCUT2D eigenvalue weighted by Crippen LogP contribution is 2.32. The quantitative estimate of drug-likeness (QED) is 0.513.